The largest absolute Gasteiger partial charge is 0.488 e. The number of carbonyl (C=O) groups is 1. The topological polar surface area (TPSA) is 58.8 Å². The number of hydrogen-bond acceptors (Lipinski definition) is 4. The zero-order chi connectivity index (χ0) is 14.9. The van der Waals surface area contributed by atoms with E-state index in [9.17, 15) is 4.79 Å². The highest BCUT2D eigenvalue weighted by molar-refractivity contribution is 5.97. The van der Waals surface area contributed by atoms with E-state index in [0.717, 1.165) is 6.54 Å². The third-order valence-electron chi connectivity index (χ3n) is 3.60. The zero-order valence-electron chi connectivity index (χ0n) is 12.6. The van der Waals surface area contributed by atoms with E-state index in [-0.39, 0.29) is 17.9 Å². The van der Waals surface area contributed by atoms with Crippen LogP contribution >= 0.6 is 0 Å². The predicted octanol–water partition coefficient (Wildman–Crippen LogP) is 1.30. The number of rotatable bonds is 2. The molecule has 0 fully saturated rings. The van der Waals surface area contributed by atoms with E-state index in [4.69, 9.17) is 10.5 Å². The van der Waals surface area contributed by atoms with Crippen molar-refractivity contribution in [3.05, 3.63) is 23.8 Å². The van der Waals surface area contributed by atoms with Gasteiger partial charge in [0.25, 0.3) is 5.91 Å². The first kappa shape index (κ1) is 14.7. The van der Waals surface area contributed by atoms with Crippen molar-refractivity contribution in [1.82, 2.24) is 9.80 Å². The Morgan fingerprint density at radius 3 is 2.80 bits per heavy atom. The molecule has 5 heteroatoms. The normalized spacial score (nSPS) is 23.1. The number of likely N-dealkylation sites (N-methyl/N-ethyl adjacent to an activating group) is 1. The fourth-order valence-corrected chi connectivity index (χ4v) is 2.51. The summed E-state index contributed by atoms with van der Waals surface area (Å²) in [6.07, 6.45) is 0.0444. The highest BCUT2D eigenvalue weighted by atomic mass is 16.5. The molecule has 0 bridgehead atoms. The number of nitrogen functional groups attached to an aromatic ring is 1. The van der Waals surface area contributed by atoms with Crippen LogP contribution < -0.4 is 10.5 Å². The Bertz CT molecular complexity index is 502. The molecule has 1 amide bonds. The van der Waals surface area contributed by atoms with Crippen LogP contribution in [-0.2, 0) is 0 Å². The molecule has 0 aliphatic carbocycles. The maximum Gasteiger partial charge on any atom is 0.257 e. The van der Waals surface area contributed by atoms with Crippen molar-refractivity contribution in [3.8, 4) is 5.75 Å². The van der Waals surface area contributed by atoms with Gasteiger partial charge in [-0.15, -0.1) is 0 Å². The average Bonchev–Trinajstić information content (AvgIpc) is 2.37. The number of anilines is 1. The summed E-state index contributed by atoms with van der Waals surface area (Å²) in [7, 11) is 5.87. The van der Waals surface area contributed by atoms with Crippen LogP contribution in [0.15, 0.2) is 18.2 Å². The van der Waals surface area contributed by atoms with Gasteiger partial charge in [-0.2, -0.15) is 0 Å². The van der Waals surface area contributed by atoms with Gasteiger partial charge in [-0.05, 0) is 32.3 Å². The lowest BCUT2D eigenvalue weighted by molar-refractivity contribution is 0.0576. The molecular weight excluding hydrogens is 254 g/mol. The standard InChI is InChI=1S/C15H23N3O2/c1-10-8-18(4)15(19)12-7-11(16)5-6-13(12)20-14(10)9-17(2)3/h5-7,10,14H,8-9,16H2,1-4H3/t10-,14-/m0/s1. The van der Waals surface area contributed by atoms with Crippen LogP contribution in [0.4, 0.5) is 5.69 Å². The van der Waals surface area contributed by atoms with E-state index in [1.807, 2.05) is 21.1 Å². The van der Waals surface area contributed by atoms with Crippen molar-refractivity contribution in [1.29, 1.82) is 0 Å². The molecule has 110 valence electrons. The summed E-state index contributed by atoms with van der Waals surface area (Å²) >= 11 is 0. The molecule has 0 radical (unpaired) electrons. The average molecular weight is 277 g/mol. The van der Waals surface area contributed by atoms with Crippen molar-refractivity contribution in [2.45, 2.75) is 13.0 Å². The van der Waals surface area contributed by atoms with Gasteiger partial charge in [0, 0.05) is 31.7 Å². The van der Waals surface area contributed by atoms with Crippen molar-refractivity contribution in [2.24, 2.45) is 5.92 Å². The highest BCUT2D eigenvalue weighted by Gasteiger charge is 2.29. The summed E-state index contributed by atoms with van der Waals surface area (Å²) in [4.78, 5) is 16.2. The summed E-state index contributed by atoms with van der Waals surface area (Å²) < 4.78 is 6.09. The molecule has 1 aromatic carbocycles. The van der Waals surface area contributed by atoms with E-state index in [0.29, 0.717) is 23.5 Å². The summed E-state index contributed by atoms with van der Waals surface area (Å²) in [5.41, 5.74) is 6.91. The molecule has 0 unspecified atom stereocenters. The van der Waals surface area contributed by atoms with Crippen LogP contribution in [0.5, 0.6) is 5.75 Å². The number of nitrogens with two attached hydrogens (primary N) is 1. The highest BCUT2D eigenvalue weighted by Crippen LogP contribution is 2.28. The van der Waals surface area contributed by atoms with Gasteiger partial charge in [-0.25, -0.2) is 0 Å². The minimum atomic E-state index is -0.0394. The lowest BCUT2D eigenvalue weighted by Gasteiger charge is -2.34. The van der Waals surface area contributed by atoms with E-state index >= 15 is 0 Å². The van der Waals surface area contributed by atoms with Crippen LogP contribution in [0.25, 0.3) is 0 Å². The Labute approximate surface area is 120 Å². The third-order valence-corrected chi connectivity index (χ3v) is 3.60. The lowest BCUT2D eigenvalue weighted by Crippen LogP contribution is -2.44. The number of nitrogens with zero attached hydrogens (tertiary/aromatic N) is 2. The molecule has 1 aliphatic rings. The van der Waals surface area contributed by atoms with Gasteiger partial charge in [-0.3, -0.25) is 4.79 Å². The maximum atomic E-state index is 12.4. The van der Waals surface area contributed by atoms with Crippen LogP contribution in [0.2, 0.25) is 0 Å². The Hall–Kier alpha value is -1.75. The molecule has 1 aliphatic heterocycles. The molecule has 5 nitrogen and oxygen atoms in total. The Morgan fingerprint density at radius 2 is 2.15 bits per heavy atom. The van der Waals surface area contributed by atoms with Gasteiger partial charge in [0.15, 0.2) is 0 Å². The molecular formula is C15H23N3O2. The lowest BCUT2D eigenvalue weighted by atomic mass is 10.0. The Morgan fingerprint density at radius 1 is 1.45 bits per heavy atom. The van der Waals surface area contributed by atoms with E-state index < -0.39 is 0 Å². The minimum absolute atomic E-state index is 0.0394. The number of carbonyl (C=O) groups excluding carboxylic acids is 1. The van der Waals surface area contributed by atoms with E-state index in [2.05, 4.69) is 11.8 Å². The molecule has 20 heavy (non-hydrogen) atoms. The van der Waals surface area contributed by atoms with Crippen molar-refractivity contribution in [3.63, 3.8) is 0 Å². The third kappa shape index (κ3) is 3.04. The minimum Gasteiger partial charge on any atom is -0.488 e. The smallest absolute Gasteiger partial charge is 0.257 e. The van der Waals surface area contributed by atoms with Crippen LogP contribution in [0, 0.1) is 5.92 Å². The van der Waals surface area contributed by atoms with Crippen molar-refractivity contribution >= 4 is 11.6 Å². The molecule has 2 rings (SSSR count). The van der Waals surface area contributed by atoms with Crippen molar-refractivity contribution < 1.29 is 9.53 Å². The van der Waals surface area contributed by atoms with Gasteiger partial charge >= 0.3 is 0 Å². The molecule has 2 N–H and O–H groups in total. The first-order valence-electron chi connectivity index (χ1n) is 6.85. The summed E-state index contributed by atoms with van der Waals surface area (Å²) in [6.45, 7) is 3.60. The van der Waals surface area contributed by atoms with Crippen LogP contribution in [-0.4, -0.2) is 56.0 Å². The molecule has 1 heterocycles. The number of ether oxygens (including phenoxy) is 1. The summed E-state index contributed by atoms with van der Waals surface area (Å²) in [6, 6.07) is 5.25. The molecule has 1 aromatic rings. The first-order chi connectivity index (χ1) is 9.38. The van der Waals surface area contributed by atoms with E-state index in [1.165, 1.54) is 0 Å². The Kier molecular flexibility index (Phi) is 4.18. The first-order valence-corrected chi connectivity index (χ1v) is 6.85. The maximum absolute atomic E-state index is 12.4. The second kappa shape index (κ2) is 5.71. The zero-order valence-corrected chi connectivity index (χ0v) is 12.6. The fourth-order valence-electron chi connectivity index (χ4n) is 2.51. The monoisotopic (exact) mass is 277 g/mol. The van der Waals surface area contributed by atoms with Gasteiger partial charge in [0.2, 0.25) is 0 Å². The van der Waals surface area contributed by atoms with Gasteiger partial charge in [0.05, 0.1) is 5.56 Å². The SMILES string of the molecule is C[C@H]1CN(C)C(=O)c2cc(N)ccc2O[C@H]1CN(C)C. The second-order valence-electron chi connectivity index (χ2n) is 5.84. The number of fused-ring (bicyclic) bond motifs is 1. The Balaban J connectivity index is 2.39. The fraction of sp³-hybridized carbons (Fsp3) is 0.533. The molecule has 0 saturated carbocycles. The second-order valence-corrected chi connectivity index (χ2v) is 5.84. The quantitative estimate of drug-likeness (QED) is 0.828. The molecule has 0 spiro atoms. The van der Waals surface area contributed by atoms with Crippen molar-refractivity contribution in [2.75, 3.05) is 40.0 Å². The number of hydrogen-bond donors (Lipinski definition) is 1. The predicted molar refractivity (Wildman–Crippen MR) is 79.9 cm³/mol. The van der Waals surface area contributed by atoms with Crippen LogP contribution in [0.3, 0.4) is 0 Å². The number of amides is 1. The van der Waals surface area contributed by atoms with Gasteiger partial charge in [0.1, 0.15) is 11.9 Å². The summed E-state index contributed by atoms with van der Waals surface area (Å²) in [5, 5.41) is 0. The molecule has 2 atom stereocenters. The molecule has 0 saturated heterocycles. The van der Waals surface area contributed by atoms with Gasteiger partial charge < -0.3 is 20.3 Å². The van der Waals surface area contributed by atoms with Crippen LogP contribution in [0.1, 0.15) is 17.3 Å². The van der Waals surface area contributed by atoms with Gasteiger partial charge in [-0.1, -0.05) is 6.92 Å². The number of benzene rings is 1. The molecule has 0 aromatic heterocycles. The summed E-state index contributed by atoms with van der Waals surface area (Å²) in [5.74, 6) is 0.842. The van der Waals surface area contributed by atoms with E-state index in [1.54, 1.807) is 23.1 Å².